The molecule has 1 nitrogen and oxygen atoms in total. The van der Waals surface area contributed by atoms with Crippen molar-refractivity contribution in [3.63, 3.8) is 0 Å². The van der Waals surface area contributed by atoms with E-state index in [1.165, 1.54) is 19.3 Å². The molecule has 0 aromatic rings. The van der Waals surface area contributed by atoms with Crippen molar-refractivity contribution in [3.8, 4) is 0 Å². The molecule has 0 N–H and O–H groups in total. The van der Waals surface area contributed by atoms with Gasteiger partial charge in [-0.05, 0) is 43.1 Å². The van der Waals surface area contributed by atoms with Gasteiger partial charge < -0.3 is 0 Å². The normalized spacial score (nSPS) is 33.2. The van der Waals surface area contributed by atoms with E-state index in [0.29, 0.717) is 12.2 Å². The molecule has 2 atom stereocenters. The maximum Gasteiger partial charge on any atom is 0.158 e. The summed E-state index contributed by atoms with van der Waals surface area (Å²) in [6, 6.07) is 0. The second-order valence-corrected chi connectivity index (χ2v) is 4.11. The lowest BCUT2D eigenvalue weighted by molar-refractivity contribution is -0.115. The molecule has 2 rings (SSSR count). The molecule has 0 amide bonds. The van der Waals surface area contributed by atoms with Crippen LogP contribution in [0.4, 0.5) is 0 Å². The van der Waals surface area contributed by atoms with Crippen LogP contribution >= 0.6 is 0 Å². The van der Waals surface area contributed by atoms with Gasteiger partial charge in [0, 0.05) is 6.42 Å². The lowest BCUT2D eigenvalue weighted by atomic mass is 9.87. The van der Waals surface area contributed by atoms with E-state index in [1.54, 1.807) is 0 Å². The number of rotatable bonds is 2. The van der Waals surface area contributed by atoms with Gasteiger partial charge >= 0.3 is 0 Å². The standard InChI is InChI=1S/C11H16O/c1-2-11(12)10-6-8-3-4-9(5-8)7-10/h6,8-9H,2-5,7H2,1H3. The molecule has 0 aromatic heterocycles. The van der Waals surface area contributed by atoms with Crippen molar-refractivity contribution in [2.45, 2.75) is 39.0 Å². The smallest absolute Gasteiger partial charge is 0.158 e. The Morgan fingerprint density at radius 2 is 2.42 bits per heavy atom. The number of fused-ring (bicyclic) bond motifs is 2. The molecule has 0 spiro atoms. The number of carbonyl (C=O) groups excluding carboxylic acids is 1. The Balaban J connectivity index is 2.13. The van der Waals surface area contributed by atoms with E-state index < -0.39 is 0 Å². The average Bonchev–Trinajstić information content (AvgIpc) is 2.44. The Bertz CT molecular complexity index is 227. The maximum absolute atomic E-state index is 11.4. The summed E-state index contributed by atoms with van der Waals surface area (Å²) in [6.45, 7) is 1.96. The van der Waals surface area contributed by atoms with Crippen LogP contribution in [0.5, 0.6) is 0 Å². The second kappa shape index (κ2) is 3.04. The molecule has 0 aromatic carbocycles. The van der Waals surface area contributed by atoms with Crippen molar-refractivity contribution in [1.82, 2.24) is 0 Å². The Labute approximate surface area is 73.8 Å². The fourth-order valence-electron chi connectivity index (χ4n) is 2.55. The Kier molecular flexibility index (Phi) is 2.03. The third kappa shape index (κ3) is 1.33. The van der Waals surface area contributed by atoms with Crippen LogP contribution in [0.15, 0.2) is 11.6 Å². The summed E-state index contributed by atoms with van der Waals surface area (Å²) in [5.41, 5.74) is 1.14. The van der Waals surface area contributed by atoms with Gasteiger partial charge in [0.2, 0.25) is 0 Å². The van der Waals surface area contributed by atoms with Crippen LogP contribution in [-0.2, 0) is 4.79 Å². The minimum absolute atomic E-state index is 0.381. The van der Waals surface area contributed by atoms with E-state index in [9.17, 15) is 4.79 Å². The molecule has 1 heteroatoms. The van der Waals surface area contributed by atoms with Crippen molar-refractivity contribution < 1.29 is 4.79 Å². The van der Waals surface area contributed by atoms with Crippen molar-refractivity contribution in [3.05, 3.63) is 11.6 Å². The monoisotopic (exact) mass is 164 g/mol. The Morgan fingerprint density at radius 1 is 1.58 bits per heavy atom. The topological polar surface area (TPSA) is 17.1 Å². The summed E-state index contributed by atoms with van der Waals surface area (Å²) >= 11 is 0. The minimum Gasteiger partial charge on any atom is -0.295 e. The minimum atomic E-state index is 0.381. The largest absolute Gasteiger partial charge is 0.295 e. The van der Waals surface area contributed by atoms with E-state index >= 15 is 0 Å². The first-order valence-corrected chi connectivity index (χ1v) is 5.03. The van der Waals surface area contributed by atoms with Crippen LogP contribution in [0.1, 0.15) is 39.0 Å². The molecule has 0 radical (unpaired) electrons. The lowest BCUT2D eigenvalue weighted by Crippen LogP contribution is -2.11. The third-order valence-electron chi connectivity index (χ3n) is 3.21. The lowest BCUT2D eigenvalue weighted by Gasteiger charge is -2.17. The van der Waals surface area contributed by atoms with Gasteiger partial charge in [-0.15, -0.1) is 0 Å². The van der Waals surface area contributed by atoms with Crippen LogP contribution in [-0.4, -0.2) is 5.78 Å². The molecule has 0 saturated heterocycles. The first-order chi connectivity index (χ1) is 5.79. The molecule has 0 aliphatic heterocycles. The Hall–Kier alpha value is -0.590. The fourth-order valence-corrected chi connectivity index (χ4v) is 2.55. The highest BCUT2D eigenvalue weighted by molar-refractivity contribution is 5.95. The number of carbonyl (C=O) groups is 1. The summed E-state index contributed by atoms with van der Waals surface area (Å²) < 4.78 is 0. The van der Waals surface area contributed by atoms with E-state index in [0.717, 1.165) is 23.8 Å². The molecule has 1 fully saturated rings. The maximum atomic E-state index is 11.4. The third-order valence-corrected chi connectivity index (χ3v) is 3.21. The molecular weight excluding hydrogens is 148 g/mol. The summed E-state index contributed by atoms with van der Waals surface area (Å²) in [6.07, 6.45) is 8.02. The quantitative estimate of drug-likeness (QED) is 0.613. The van der Waals surface area contributed by atoms with Gasteiger partial charge in [0.05, 0.1) is 0 Å². The molecule has 2 aliphatic carbocycles. The van der Waals surface area contributed by atoms with E-state index in [-0.39, 0.29) is 0 Å². The van der Waals surface area contributed by atoms with Crippen LogP contribution in [0.2, 0.25) is 0 Å². The first kappa shape index (κ1) is 8.03. The summed E-state index contributed by atoms with van der Waals surface area (Å²) in [4.78, 5) is 11.4. The highest BCUT2D eigenvalue weighted by Gasteiger charge is 2.30. The molecule has 1 saturated carbocycles. The number of Topliss-reactive ketones (excluding diaryl/α,β-unsaturated/α-hetero) is 1. The van der Waals surface area contributed by atoms with Gasteiger partial charge in [-0.3, -0.25) is 4.79 Å². The molecule has 0 heterocycles. The number of allylic oxidation sites excluding steroid dienone is 2. The average molecular weight is 164 g/mol. The molecule has 2 aliphatic rings. The van der Waals surface area contributed by atoms with Crippen molar-refractivity contribution >= 4 is 5.78 Å². The summed E-state index contributed by atoms with van der Waals surface area (Å²) in [5, 5.41) is 0. The summed E-state index contributed by atoms with van der Waals surface area (Å²) in [7, 11) is 0. The molecule has 2 unspecified atom stereocenters. The van der Waals surface area contributed by atoms with Gasteiger partial charge in [0.25, 0.3) is 0 Å². The second-order valence-electron chi connectivity index (χ2n) is 4.11. The van der Waals surface area contributed by atoms with Crippen molar-refractivity contribution in [2.24, 2.45) is 11.8 Å². The summed E-state index contributed by atoms with van der Waals surface area (Å²) in [5.74, 6) is 1.96. The number of ketones is 1. The molecule has 66 valence electrons. The van der Waals surface area contributed by atoms with E-state index in [2.05, 4.69) is 6.08 Å². The molecule has 12 heavy (non-hydrogen) atoms. The number of hydrogen-bond donors (Lipinski definition) is 0. The predicted molar refractivity (Wildman–Crippen MR) is 48.8 cm³/mol. The van der Waals surface area contributed by atoms with Crippen LogP contribution < -0.4 is 0 Å². The SMILES string of the molecule is CCC(=O)C1=CC2CCC(C1)C2. The van der Waals surface area contributed by atoms with Crippen LogP contribution in [0, 0.1) is 11.8 Å². The first-order valence-electron chi connectivity index (χ1n) is 5.03. The van der Waals surface area contributed by atoms with Crippen molar-refractivity contribution in [2.75, 3.05) is 0 Å². The van der Waals surface area contributed by atoms with E-state index in [4.69, 9.17) is 0 Å². The number of hydrogen-bond acceptors (Lipinski definition) is 1. The zero-order valence-corrected chi connectivity index (χ0v) is 7.68. The van der Waals surface area contributed by atoms with Gasteiger partial charge in [0.1, 0.15) is 0 Å². The van der Waals surface area contributed by atoms with E-state index in [1.807, 2.05) is 6.92 Å². The van der Waals surface area contributed by atoms with Gasteiger partial charge in [0.15, 0.2) is 5.78 Å². The van der Waals surface area contributed by atoms with Crippen LogP contribution in [0.25, 0.3) is 0 Å². The highest BCUT2D eigenvalue weighted by Crippen LogP contribution is 2.41. The highest BCUT2D eigenvalue weighted by atomic mass is 16.1. The van der Waals surface area contributed by atoms with Crippen LogP contribution in [0.3, 0.4) is 0 Å². The predicted octanol–water partition coefficient (Wildman–Crippen LogP) is 2.71. The molecule has 2 bridgehead atoms. The van der Waals surface area contributed by atoms with Crippen molar-refractivity contribution in [1.29, 1.82) is 0 Å². The Morgan fingerprint density at radius 3 is 3.08 bits per heavy atom. The van der Waals surface area contributed by atoms with Gasteiger partial charge in [-0.25, -0.2) is 0 Å². The zero-order chi connectivity index (χ0) is 8.55. The molecular formula is C11H16O. The van der Waals surface area contributed by atoms with Gasteiger partial charge in [-0.2, -0.15) is 0 Å². The van der Waals surface area contributed by atoms with Gasteiger partial charge in [-0.1, -0.05) is 13.0 Å². The fraction of sp³-hybridized carbons (Fsp3) is 0.727. The zero-order valence-electron chi connectivity index (χ0n) is 7.68.